The molecule has 0 spiro atoms. The molecule has 0 heterocycles. The van der Waals surface area contributed by atoms with Crippen molar-refractivity contribution in [1.82, 2.24) is 0 Å². The molecule has 0 nitrogen and oxygen atoms in total. The monoisotopic (exact) mass is 382 g/mol. The van der Waals surface area contributed by atoms with E-state index < -0.39 is 5.38 Å². The Morgan fingerprint density at radius 2 is 1.67 bits per heavy atom. The van der Waals surface area contributed by atoms with E-state index in [1.54, 1.807) is 18.2 Å². The summed E-state index contributed by atoms with van der Waals surface area (Å²) in [4.78, 5) is 0. The first kappa shape index (κ1) is 14.5. The highest BCUT2D eigenvalue weighted by Crippen LogP contribution is 2.40. The minimum absolute atomic E-state index is 0.417. The Morgan fingerprint density at radius 1 is 0.944 bits per heavy atom. The van der Waals surface area contributed by atoms with Crippen LogP contribution in [0.3, 0.4) is 0 Å². The third-order valence-corrected chi connectivity index (χ3v) is 4.83. The van der Waals surface area contributed by atoms with Crippen LogP contribution in [0.2, 0.25) is 15.1 Å². The Labute approximate surface area is 134 Å². The molecule has 0 aliphatic carbocycles. The van der Waals surface area contributed by atoms with Crippen molar-refractivity contribution in [2.45, 2.75) is 5.38 Å². The molecule has 2 rings (SSSR count). The highest BCUT2D eigenvalue weighted by Gasteiger charge is 2.18. The van der Waals surface area contributed by atoms with E-state index in [2.05, 4.69) is 15.9 Å². The zero-order valence-electron chi connectivity index (χ0n) is 8.93. The van der Waals surface area contributed by atoms with Crippen LogP contribution in [0.1, 0.15) is 16.5 Å². The maximum atomic E-state index is 6.43. The van der Waals surface area contributed by atoms with Crippen LogP contribution in [-0.2, 0) is 0 Å². The quantitative estimate of drug-likeness (QED) is 0.503. The normalized spacial score (nSPS) is 12.5. The Balaban J connectivity index is 2.48. The van der Waals surface area contributed by atoms with Gasteiger partial charge in [0.2, 0.25) is 0 Å². The molecule has 0 aliphatic heterocycles. The number of hydrogen-bond acceptors (Lipinski definition) is 0. The second-order valence-corrected chi connectivity index (χ2v) is 6.18. The highest BCUT2D eigenvalue weighted by molar-refractivity contribution is 9.10. The topological polar surface area (TPSA) is 0 Å². The van der Waals surface area contributed by atoms with Crippen molar-refractivity contribution in [1.29, 1.82) is 0 Å². The SMILES string of the molecule is Clc1ccc(C(Cl)c2cccc(Br)c2Cl)c(Cl)c1. The molecule has 0 aromatic heterocycles. The van der Waals surface area contributed by atoms with Gasteiger partial charge in [0.15, 0.2) is 0 Å². The summed E-state index contributed by atoms with van der Waals surface area (Å²) in [5, 5.41) is 1.27. The lowest BCUT2D eigenvalue weighted by Gasteiger charge is -2.14. The molecule has 0 saturated carbocycles. The average Bonchev–Trinajstić information content (AvgIpc) is 2.32. The molecule has 94 valence electrons. The second-order valence-electron chi connectivity index (χ2n) is 3.67. The van der Waals surface area contributed by atoms with Crippen LogP contribution in [-0.4, -0.2) is 0 Å². The van der Waals surface area contributed by atoms with E-state index in [1.807, 2.05) is 18.2 Å². The van der Waals surface area contributed by atoms with Crippen molar-refractivity contribution in [2.24, 2.45) is 0 Å². The van der Waals surface area contributed by atoms with Gasteiger partial charge in [-0.25, -0.2) is 0 Å². The molecule has 1 unspecified atom stereocenters. The van der Waals surface area contributed by atoms with Gasteiger partial charge in [-0.15, -0.1) is 11.6 Å². The Kier molecular flexibility index (Phi) is 4.85. The van der Waals surface area contributed by atoms with E-state index in [9.17, 15) is 0 Å². The van der Waals surface area contributed by atoms with Gasteiger partial charge in [0.05, 0.1) is 10.4 Å². The molecule has 0 N–H and O–H groups in total. The predicted octanol–water partition coefficient (Wildman–Crippen LogP) is 6.74. The number of alkyl halides is 1. The summed E-state index contributed by atoms with van der Waals surface area (Å²) >= 11 is 28.0. The van der Waals surface area contributed by atoms with Gasteiger partial charge in [-0.1, -0.05) is 53.0 Å². The molecular weight excluding hydrogens is 378 g/mol. The molecule has 0 aliphatic rings. The van der Waals surface area contributed by atoms with Crippen LogP contribution >= 0.6 is 62.3 Å². The van der Waals surface area contributed by atoms with E-state index >= 15 is 0 Å². The molecule has 0 amide bonds. The fraction of sp³-hybridized carbons (Fsp3) is 0.0769. The average molecular weight is 385 g/mol. The smallest absolute Gasteiger partial charge is 0.0864 e. The first-order chi connectivity index (χ1) is 8.50. The molecule has 2 aromatic carbocycles. The molecule has 0 saturated heterocycles. The highest BCUT2D eigenvalue weighted by atomic mass is 79.9. The van der Waals surface area contributed by atoms with Crippen molar-refractivity contribution in [3.63, 3.8) is 0 Å². The summed E-state index contributed by atoms with van der Waals surface area (Å²) in [6.45, 7) is 0. The van der Waals surface area contributed by atoms with Gasteiger partial charge in [-0.3, -0.25) is 0 Å². The van der Waals surface area contributed by atoms with Crippen molar-refractivity contribution in [2.75, 3.05) is 0 Å². The Bertz CT molecular complexity index is 583. The molecule has 0 bridgehead atoms. The summed E-state index contributed by atoms with van der Waals surface area (Å²) in [5.74, 6) is 0. The zero-order chi connectivity index (χ0) is 13.3. The lowest BCUT2D eigenvalue weighted by atomic mass is 10.0. The van der Waals surface area contributed by atoms with Crippen LogP contribution < -0.4 is 0 Å². The van der Waals surface area contributed by atoms with E-state index in [0.29, 0.717) is 15.1 Å². The van der Waals surface area contributed by atoms with Gasteiger partial charge in [-0.05, 0) is 45.3 Å². The second kappa shape index (κ2) is 6.02. The van der Waals surface area contributed by atoms with Crippen LogP contribution in [0, 0.1) is 0 Å². The number of hydrogen-bond donors (Lipinski definition) is 0. The molecule has 18 heavy (non-hydrogen) atoms. The van der Waals surface area contributed by atoms with Gasteiger partial charge in [0.1, 0.15) is 0 Å². The third-order valence-electron chi connectivity index (χ3n) is 2.49. The van der Waals surface area contributed by atoms with Crippen molar-refractivity contribution < 1.29 is 0 Å². The molecule has 2 aromatic rings. The first-order valence-corrected chi connectivity index (χ1v) is 7.40. The summed E-state index contributed by atoms with van der Waals surface area (Å²) < 4.78 is 0.803. The summed E-state index contributed by atoms with van der Waals surface area (Å²) in [5.41, 5.74) is 1.58. The molecule has 1 atom stereocenters. The van der Waals surface area contributed by atoms with Crippen LogP contribution in [0.5, 0.6) is 0 Å². The third kappa shape index (κ3) is 2.97. The minimum atomic E-state index is -0.417. The Hall–Kier alpha value is 0.0800. The zero-order valence-corrected chi connectivity index (χ0v) is 13.5. The molecule has 0 radical (unpaired) electrons. The van der Waals surface area contributed by atoms with Crippen molar-refractivity contribution in [3.8, 4) is 0 Å². The van der Waals surface area contributed by atoms with Gasteiger partial charge in [0, 0.05) is 14.5 Å². The van der Waals surface area contributed by atoms with Gasteiger partial charge in [-0.2, -0.15) is 0 Å². The largest absolute Gasteiger partial charge is 0.112 e. The van der Waals surface area contributed by atoms with Crippen molar-refractivity contribution in [3.05, 3.63) is 67.1 Å². The van der Waals surface area contributed by atoms with E-state index in [-0.39, 0.29) is 0 Å². The molecule has 5 heteroatoms. The maximum Gasteiger partial charge on any atom is 0.0864 e. The number of halogens is 5. The van der Waals surface area contributed by atoms with Gasteiger partial charge < -0.3 is 0 Å². The summed E-state index contributed by atoms with van der Waals surface area (Å²) in [7, 11) is 0. The van der Waals surface area contributed by atoms with Gasteiger partial charge in [0.25, 0.3) is 0 Å². The van der Waals surface area contributed by atoms with E-state index in [4.69, 9.17) is 46.4 Å². The van der Waals surface area contributed by atoms with Crippen LogP contribution in [0.15, 0.2) is 40.9 Å². The van der Waals surface area contributed by atoms with Crippen molar-refractivity contribution >= 4 is 62.3 Å². The fourth-order valence-corrected chi connectivity index (χ4v) is 3.21. The Morgan fingerprint density at radius 3 is 2.33 bits per heavy atom. The lowest BCUT2D eigenvalue weighted by molar-refractivity contribution is 1.14. The standard InChI is InChI=1S/C13H7BrCl4/c14-10-3-1-2-9(13(10)18)12(17)8-5-4-7(15)6-11(8)16/h1-6,12H. The number of benzene rings is 2. The maximum absolute atomic E-state index is 6.43. The summed E-state index contributed by atoms with van der Waals surface area (Å²) in [6, 6.07) is 10.8. The lowest BCUT2D eigenvalue weighted by Crippen LogP contribution is -1.96. The summed E-state index contributed by atoms with van der Waals surface area (Å²) in [6.07, 6.45) is 0. The van der Waals surface area contributed by atoms with Crippen LogP contribution in [0.4, 0.5) is 0 Å². The minimum Gasteiger partial charge on any atom is -0.112 e. The predicted molar refractivity (Wildman–Crippen MR) is 83.3 cm³/mol. The first-order valence-electron chi connectivity index (χ1n) is 5.03. The molecule has 0 fully saturated rings. The van der Waals surface area contributed by atoms with Gasteiger partial charge >= 0.3 is 0 Å². The van der Waals surface area contributed by atoms with E-state index in [0.717, 1.165) is 15.6 Å². The van der Waals surface area contributed by atoms with Crippen LogP contribution in [0.25, 0.3) is 0 Å². The fourth-order valence-electron chi connectivity index (χ4n) is 1.59. The molecular formula is C13H7BrCl4. The van der Waals surface area contributed by atoms with E-state index in [1.165, 1.54) is 0 Å². The number of rotatable bonds is 2.